The number of benzene rings is 2. The van der Waals surface area contributed by atoms with Crippen LogP contribution in [-0.2, 0) is 9.53 Å². The van der Waals surface area contributed by atoms with E-state index in [1.165, 1.54) is 6.08 Å². The Balaban J connectivity index is 0.000000186. The molecule has 0 N–H and O–H groups in total. The highest BCUT2D eigenvalue weighted by Gasteiger charge is 2.41. The molecule has 2 atom stereocenters. The number of para-hydroxylation sites is 1. The lowest BCUT2D eigenvalue weighted by molar-refractivity contribution is -0.180. The van der Waals surface area contributed by atoms with E-state index in [9.17, 15) is 22.4 Å². The van der Waals surface area contributed by atoms with E-state index < -0.39 is 31.0 Å². The number of rotatable bonds is 3. The third-order valence-electron chi connectivity index (χ3n) is 4.55. The number of halogens is 6. The zero-order chi connectivity index (χ0) is 24.2. The van der Waals surface area contributed by atoms with Crippen molar-refractivity contribution in [2.75, 3.05) is 13.3 Å². The van der Waals surface area contributed by atoms with Gasteiger partial charge in [0.05, 0.1) is 15.8 Å². The predicted octanol–water partition coefficient (Wildman–Crippen LogP) is 6.64. The Kier molecular flexibility index (Phi) is 8.28. The summed E-state index contributed by atoms with van der Waals surface area (Å²) in [5, 5.41) is 0.474. The minimum absolute atomic E-state index is 0.230. The summed E-state index contributed by atoms with van der Waals surface area (Å²) >= 11 is 7.69. The second kappa shape index (κ2) is 10.8. The first-order valence-electron chi connectivity index (χ1n) is 9.75. The van der Waals surface area contributed by atoms with Crippen LogP contribution in [0.2, 0.25) is 5.02 Å². The van der Waals surface area contributed by atoms with Gasteiger partial charge in [-0.15, -0.1) is 0 Å². The number of ether oxygens (including phenoxy) is 3. The Morgan fingerprint density at radius 3 is 2.58 bits per heavy atom. The van der Waals surface area contributed by atoms with Gasteiger partial charge in [0.1, 0.15) is 18.2 Å². The maximum atomic E-state index is 12.8. The quantitative estimate of drug-likeness (QED) is 0.226. The lowest BCUT2D eigenvalue weighted by Gasteiger charge is -2.24. The van der Waals surface area contributed by atoms with Crippen LogP contribution in [0.5, 0.6) is 11.5 Å². The summed E-state index contributed by atoms with van der Waals surface area (Å²) in [6, 6.07) is 10.3. The maximum Gasteiger partial charge on any atom is 0.429 e. The first kappa shape index (κ1) is 25.4. The molecule has 2 aromatic rings. The number of hydrogen-bond donors (Lipinski definition) is 0. The van der Waals surface area contributed by atoms with Gasteiger partial charge in [-0.05, 0) is 59.9 Å². The number of carbonyl (C=O) groups is 1. The van der Waals surface area contributed by atoms with Crippen molar-refractivity contribution in [2.45, 2.75) is 25.3 Å². The number of hydrogen-bond acceptors (Lipinski definition) is 4. The fourth-order valence-electron chi connectivity index (χ4n) is 3.07. The average molecular weight is 597 g/mol. The van der Waals surface area contributed by atoms with E-state index in [-0.39, 0.29) is 17.9 Å². The van der Waals surface area contributed by atoms with E-state index >= 15 is 0 Å². The van der Waals surface area contributed by atoms with Crippen LogP contribution in [0.1, 0.15) is 18.1 Å². The van der Waals surface area contributed by atoms with Crippen LogP contribution in [0.4, 0.5) is 17.6 Å². The zero-order valence-electron chi connectivity index (χ0n) is 17.2. The van der Waals surface area contributed by atoms with Crippen molar-refractivity contribution in [2.24, 2.45) is 0 Å². The van der Waals surface area contributed by atoms with Crippen LogP contribution in [0, 0.1) is 3.57 Å². The summed E-state index contributed by atoms with van der Waals surface area (Å²) in [7, 11) is 0. The molecule has 0 spiro atoms. The minimum atomic E-state index is -4.39. The van der Waals surface area contributed by atoms with Gasteiger partial charge in [-0.2, -0.15) is 13.2 Å². The molecule has 4 rings (SSSR count). The fraction of sp³-hybridized carbons (Fsp3) is 0.261. The molecule has 0 amide bonds. The summed E-state index contributed by atoms with van der Waals surface area (Å²) in [5.74, 6) is 0.294. The number of carbonyl (C=O) groups excluding carboxylic acids is 1. The van der Waals surface area contributed by atoms with Crippen LogP contribution in [-0.4, -0.2) is 37.6 Å². The first-order valence-corrected chi connectivity index (χ1v) is 11.2. The summed E-state index contributed by atoms with van der Waals surface area (Å²) in [6.07, 6.45) is -3.16. The zero-order valence-corrected chi connectivity index (χ0v) is 20.1. The van der Waals surface area contributed by atoms with Gasteiger partial charge in [0, 0.05) is 16.1 Å². The van der Waals surface area contributed by atoms with E-state index in [1.807, 2.05) is 34.7 Å². The molecule has 2 heterocycles. The standard InChI is InChI=1S/C13H13FO3.C10H5ClF3IO/c1-2-16-13(15)10-7-9-5-3-4-6-11(9)17-12(10)8-14;11-6-3-5-1-2-8(10(12,13)14)16-9(5)7(15)4-6/h3-7,12H,2,8H2,1H3;1-4,8H. The summed E-state index contributed by atoms with van der Waals surface area (Å²) in [4.78, 5) is 11.6. The van der Waals surface area contributed by atoms with E-state index in [0.717, 1.165) is 11.6 Å². The van der Waals surface area contributed by atoms with Crippen LogP contribution in [0.15, 0.2) is 48.0 Å². The van der Waals surface area contributed by atoms with E-state index in [1.54, 1.807) is 37.3 Å². The van der Waals surface area contributed by atoms with Crippen molar-refractivity contribution < 1.29 is 36.6 Å². The normalized spacial score (nSPS) is 18.5. The van der Waals surface area contributed by atoms with Gasteiger partial charge >= 0.3 is 12.1 Å². The van der Waals surface area contributed by atoms with E-state index in [4.69, 9.17) is 25.8 Å². The van der Waals surface area contributed by atoms with Crippen molar-refractivity contribution in [3.63, 3.8) is 0 Å². The van der Waals surface area contributed by atoms with Gasteiger partial charge in [0.15, 0.2) is 6.10 Å². The molecule has 2 aliphatic heterocycles. The fourth-order valence-corrected chi connectivity index (χ4v) is 4.25. The second-order valence-corrected chi connectivity index (χ2v) is 8.46. The van der Waals surface area contributed by atoms with Gasteiger partial charge in [-0.1, -0.05) is 35.9 Å². The maximum absolute atomic E-state index is 12.8. The molecular weight excluding hydrogens is 579 g/mol. The van der Waals surface area contributed by atoms with Gasteiger partial charge in [-0.3, -0.25) is 0 Å². The van der Waals surface area contributed by atoms with Crippen LogP contribution in [0.25, 0.3) is 12.2 Å². The lowest BCUT2D eigenvalue weighted by atomic mass is 10.0. The molecule has 0 bridgehead atoms. The monoisotopic (exact) mass is 596 g/mol. The Bertz CT molecular complexity index is 1080. The highest BCUT2D eigenvalue weighted by Crippen LogP contribution is 2.37. The molecule has 2 unspecified atom stereocenters. The van der Waals surface area contributed by atoms with E-state index in [2.05, 4.69) is 0 Å². The number of fused-ring (bicyclic) bond motifs is 2. The molecule has 33 heavy (non-hydrogen) atoms. The molecule has 0 saturated carbocycles. The number of alkyl halides is 4. The Morgan fingerprint density at radius 1 is 1.18 bits per heavy atom. The largest absolute Gasteiger partial charge is 0.482 e. The molecule has 0 radical (unpaired) electrons. The molecule has 2 aliphatic rings. The van der Waals surface area contributed by atoms with Crippen LogP contribution < -0.4 is 9.47 Å². The van der Waals surface area contributed by atoms with Crippen molar-refractivity contribution >= 4 is 52.3 Å². The van der Waals surface area contributed by atoms with Crippen molar-refractivity contribution in [3.8, 4) is 11.5 Å². The van der Waals surface area contributed by atoms with Crippen molar-refractivity contribution in [1.29, 1.82) is 0 Å². The molecule has 0 fully saturated rings. The topological polar surface area (TPSA) is 44.8 Å². The average Bonchev–Trinajstić information content (AvgIpc) is 2.77. The molecule has 0 saturated heterocycles. The highest BCUT2D eigenvalue weighted by molar-refractivity contribution is 14.1. The molecule has 4 nitrogen and oxygen atoms in total. The van der Waals surface area contributed by atoms with Crippen molar-refractivity contribution in [3.05, 3.63) is 67.8 Å². The second-order valence-electron chi connectivity index (χ2n) is 6.86. The van der Waals surface area contributed by atoms with Gasteiger partial charge in [0.2, 0.25) is 6.10 Å². The van der Waals surface area contributed by atoms with Crippen molar-refractivity contribution in [1.82, 2.24) is 0 Å². The Hall–Kier alpha value is -2.27. The minimum Gasteiger partial charge on any atom is -0.482 e. The van der Waals surface area contributed by atoms with E-state index in [0.29, 0.717) is 19.9 Å². The highest BCUT2D eigenvalue weighted by atomic mass is 127. The summed E-state index contributed by atoms with van der Waals surface area (Å²) in [5.41, 5.74) is 1.56. The smallest absolute Gasteiger partial charge is 0.429 e. The first-order chi connectivity index (χ1) is 15.6. The van der Waals surface area contributed by atoms with Gasteiger partial charge in [-0.25, -0.2) is 9.18 Å². The Morgan fingerprint density at radius 2 is 1.91 bits per heavy atom. The number of esters is 1. The molecule has 0 aliphatic carbocycles. The van der Waals surface area contributed by atoms with Crippen LogP contribution >= 0.6 is 34.2 Å². The molecular formula is C23H18ClF4IO4. The molecule has 176 valence electrons. The predicted molar refractivity (Wildman–Crippen MR) is 125 cm³/mol. The molecule has 2 aromatic carbocycles. The van der Waals surface area contributed by atoms with Crippen LogP contribution in [0.3, 0.4) is 0 Å². The summed E-state index contributed by atoms with van der Waals surface area (Å²) < 4.78 is 65.9. The SMILES string of the molecule is CCOC(=O)C1=Cc2ccccc2OC1CF.FC(F)(F)C1C=Cc2cc(Cl)cc(I)c2O1. The van der Waals surface area contributed by atoms with Gasteiger partial charge < -0.3 is 14.2 Å². The molecule has 10 heteroatoms. The Labute approximate surface area is 206 Å². The third-order valence-corrected chi connectivity index (χ3v) is 5.57. The molecule has 0 aromatic heterocycles. The third kappa shape index (κ3) is 6.20. The lowest BCUT2D eigenvalue weighted by Crippen LogP contribution is -2.34. The summed E-state index contributed by atoms with van der Waals surface area (Å²) in [6.45, 7) is 1.22. The van der Waals surface area contributed by atoms with Gasteiger partial charge in [0.25, 0.3) is 0 Å².